The summed E-state index contributed by atoms with van der Waals surface area (Å²) in [6.45, 7) is 3.37. The number of amides is 1. The summed E-state index contributed by atoms with van der Waals surface area (Å²) in [5, 5.41) is 5.54. The van der Waals surface area contributed by atoms with Gasteiger partial charge < -0.3 is 10.6 Å². The molecule has 0 aliphatic carbocycles. The lowest BCUT2D eigenvalue weighted by Crippen LogP contribution is -2.48. The van der Waals surface area contributed by atoms with E-state index < -0.39 is 17.2 Å². The number of halogens is 4. The van der Waals surface area contributed by atoms with E-state index in [0.29, 0.717) is 12.1 Å². The van der Waals surface area contributed by atoms with Crippen LogP contribution in [0, 0.1) is 5.41 Å². The standard InChI is InChI=1S/C15H18ClF3N2O/c1-14(5-2-6-20-9-14)13(22)21-8-10-3-4-12(16)11(7-10)15(17,18)19/h3-4,7,20H,2,5-6,8-9H2,1H3,(H,21,22). The Labute approximate surface area is 132 Å². The first-order chi connectivity index (χ1) is 10.2. The SMILES string of the molecule is CC1(C(=O)NCc2ccc(Cl)c(C(F)(F)F)c2)CCCNC1. The number of hydrogen-bond donors (Lipinski definition) is 2. The molecule has 0 bridgehead atoms. The molecule has 122 valence electrons. The summed E-state index contributed by atoms with van der Waals surface area (Å²) in [7, 11) is 0. The number of hydrogen-bond acceptors (Lipinski definition) is 2. The molecule has 1 aromatic rings. The minimum atomic E-state index is -4.50. The van der Waals surface area contributed by atoms with E-state index in [1.54, 1.807) is 0 Å². The quantitative estimate of drug-likeness (QED) is 0.890. The Morgan fingerprint density at radius 3 is 2.77 bits per heavy atom. The summed E-state index contributed by atoms with van der Waals surface area (Å²) < 4.78 is 38.4. The Balaban J connectivity index is 2.04. The molecule has 2 N–H and O–H groups in total. The molecular formula is C15H18ClF3N2O. The lowest BCUT2D eigenvalue weighted by Gasteiger charge is -2.32. The Kier molecular flexibility index (Phi) is 5.02. The number of benzene rings is 1. The van der Waals surface area contributed by atoms with E-state index >= 15 is 0 Å². The van der Waals surface area contributed by atoms with Crippen LogP contribution in [-0.4, -0.2) is 19.0 Å². The molecule has 0 saturated carbocycles. The molecule has 1 saturated heterocycles. The molecule has 1 atom stereocenters. The summed E-state index contributed by atoms with van der Waals surface area (Å²) in [6, 6.07) is 3.67. The van der Waals surface area contributed by atoms with E-state index in [-0.39, 0.29) is 17.5 Å². The fraction of sp³-hybridized carbons (Fsp3) is 0.533. The van der Waals surface area contributed by atoms with Crippen LogP contribution in [0.5, 0.6) is 0 Å². The van der Waals surface area contributed by atoms with E-state index in [9.17, 15) is 18.0 Å². The van der Waals surface area contributed by atoms with Gasteiger partial charge >= 0.3 is 6.18 Å². The lowest BCUT2D eigenvalue weighted by molar-refractivity contribution is -0.137. The molecule has 1 fully saturated rings. The maximum atomic E-state index is 12.8. The second kappa shape index (κ2) is 6.46. The largest absolute Gasteiger partial charge is 0.417 e. The molecule has 0 spiro atoms. The topological polar surface area (TPSA) is 41.1 Å². The highest BCUT2D eigenvalue weighted by Crippen LogP contribution is 2.35. The summed E-state index contributed by atoms with van der Waals surface area (Å²) in [5.74, 6) is -0.150. The van der Waals surface area contributed by atoms with Gasteiger partial charge in [-0.1, -0.05) is 17.7 Å². The number of carbonyl (C=O) groups excluding carboxylic acids is 1. The molecule has 1 aliphatic heterocycles. The van der Waals surface area contributed by atoms with E-state index in [1.807, 2.05) is 6.92 Å². The van der Waals surface area contributed by atoms with Crippen LogP contribution in [0.4, 0.5) is 13.2 Å². The van der Waals surface area contributed by atoms with Crippen LogP contribution >= 0.6 is 11.6 Å². The van der Waals surface area contributed by atoms with Gasteiger partial charge in [-0.2, -0.15) is 13.2 Å². The van der Waals surface area contributed by atoms with Crippen LogP contribution in [0.3, 0.4) is 0 Å². The van der Waals surface area contributed by atoms with Crippen LogP contribution < -0.4 is 10.6 Å². The third kappa shape index (κ3) is 3.93. The predicted octanol–water partition coefficient (Wildman–Crippen LogP) is 3.36. The summed E-state index contributed by atoms with van der Waals surface area (Å²) in [6.07, 6.45) is -2.83. The van der Waals surface area contributed by atoms with Crippen molar-refractivity contribution in [1.82, 2.24) is 10.6 Å². The van der Waals surface area contributed by atoms with Crippen molar-refractivity contribution >= 4 is 17.5 Å². The normalized spacial score (nSPS) is 22.4. The highest BCUT2D eigenvalue weighted by Gasteiger charge is 2.35. The number of piperidine rings is 1. The second-order valence-electron chi connectivity index (χ2n) is 5.84. The zero-order valence-electron chi connectivity index (χ0n) is 12.2. The van der Waals surface area contributed by atoms with E-state index in [1.165, 1.54) is 12.1 Å². The number of nitrogens with one attached hydrogen (secondary N) is 2. The first-order valence-electron chi connectivity index (χ1n) is 7.07. The van der Waals surface area contributed by atoms with Crippen molar-refractivity contribution < 1.29 is 18.0 Å². The average molecular weight is 335 g/mol. The van der Waals surface area contributed by atoms with Gasteiger partial charge in [0.05, 0.1) is 16.0 Å². The highest BCUT2D eigenvalue weighted by atomic mass is 35.5. The molecule has 1 aliphatic rings. The smallest absolute Gasteiger partial charge is 0.352 e. The maximum absolute atomic E-state index is 12.8. The van der Waals surface area contributed by atoms with Gasteiger partial charge in [-0.05, 0) is 44.0 Å². The molecule has 1 unspecified atom stereocenters. The van der Waals surface area contributed by atoms with Gasteiger partial charge in [0.25, 0.3) is 0 Å². The zero-order valence-corrected chi connectivity index (χ0v) is 12.9. The van der Waals surface area contributed by atoms with E-state index in [2.05, 4.69) is 10.6 Å². The van der Waals surface area contributed by atoms with Crippen LogP contribution in [0.1, 0.15) is 30.9 Å². The third-order valence-corrected chi connectivity index (χ3v) is 4.26. The third-order valence-electron chi connectivity index (χ3n) is 3.93. The first kappa shape index (κ1) is 17.1. The predicted molar refractivity (Wildman–Crippen MR) is 78.5 cm³/mol. The Morgan fingerprint density at radius 2 is 2.18 bits per heavy atom. The van der Waals surface area contributed by atoms with Crippen molar-refractivity contribution in [3.63, 3.8) is 0 Å². The molecule has 7 heteroatoms. The molecular weight excluding hydrogens is 317 g/mol. The summed E-state index contributed by atoms with van der Waals surface area (Å²) in [5.41, 5.74) is -1.03. The maximum Gasteiger partial charge on any atom is 0.417 e. The van der Waals surface area contributed by atoms with Crippen LogP contribution in [0.15, 0.2) is 18.2 Å². The number of rotatable bonds is 3. The van der Waals surface area contributed by atoms with Gasteiger partial charge in [-0.3, -0.25) is 4.79 Å². The van der Waals surface area contributed by atoms with Crippen LogP contribution in [-0.2, 0) is 17.5 Å². The first-order valence-corrected chi connectivity index (χ1v) is 7.45. The van der Waals surface area contributed by atoms with Crippen LogP contribution in [0.25, 0.3) is 0 Å². The lowest BCUT2D eigenvalue weighted by atomic mass is 9.82. The molecule has 0 radical (unpaired) electrons. The van der Waals surface area contributed by atoms with Gasteiger partial charge in [0, 0.05) is 13.1 Å². The van der Waals surface area contributed by atoms with Crippen molar-refractivity contribution in [2.24, 2.45) is 5.41 Å². The minimum absolute atomic E-state index is 0.0503. The van der Waals surface area contributed by atoms with Gasteiger partial charge in [0.1, 0.15) is 0 Å². The minimum Gasteiger partial charge on any atom is -0.352 e. The number of carbonyl (C=O) groups is 1. The molecule has 0 aromatic heterocycles. The monoisotopic (exact) mass is 334 g/mol. The van der Waals surface area contributed by atoms with E-state index in [0.717, 1.165) is 25.5 Å². The number of alkyl halides is 3. The van der Waals surface area contributed by atoms with Gasteiger partial charge in [0.2, 0.25) is 5.91 Å². The van der Waals surface area contributed by atoms with Crippen molar-refractivity contribution in [3.05, 3.63) is 34.3 Å². The zero-order chi connectivity index (χ0) is 16.4. The molecule has 2 rings (SSSR count). The molecule has 1 heterocycles. The van der Waals surface area contributed by atoms with Crippen molar-refractivity contribution in [1.29, 1.82) is 0 Å². The fourth-order valence-corrected chi connectivity index (χ4v) is 2.77. The van der Waals surface area contributed by atoms with Crippen molar-refractivity contribution in [3.8, 4) is 0 Å². The van der Waals surface area contributed by atoms with E-state index in [4.69, 9.17) is 11.6 Å². The van der Waals surface area contributed by atoms with Gasteiger partial charge in [0.15, 0.2) is 0 Å². The summed E-state index contributed by atoms with van der Waals surface area (Å²) in [4.78, 5) is 12.2. The Morgan fingerprint density at radius 1 is 1.45 bits per heavy atom. The molecule has 1 amide bonds. The molecule has 22 heavy (non-hydrogen) atoms. The van der Waals surface area contributed by atoms with Crippen molar-refractivity contribution in [2.75, 3.05) is 13.1 Å². The summed E-state index contributed by atoms with van der Waals surface area (Å²) >= 11 is 5.57. The molecule has 1 aromatic carbocycles. The Bertz CT molecular complexity index is 554. The van der Waals surface area contributed by atoms with Gasteiger partial charge in [-0.15, -0.1) is 0 Å². The van der Waals surface area contributed by atoms with Crippen LogP contribution in [0.2, 0.25) is 5.02 Å². The second-order valence-corrected chi connectivity index (χ2v) is 6.24. The van der Waals surface area contributed by atoms with Crippen molar-refractivity contribution in [2.45, 2.75) is 32.5 Å². The highest BCUT2D eigenvalue weighted by molar-refractivity contribution is 6.31. The van der Waals surface area contributed by atoms with Gasteiger partial charge in [-0.25, -0.2) is 0 Å². The fourth-order valence-electron chi connectivity index (χ4n) is 2.55. The molecule has 3 nitrogen and oxygen atoms in total. The average Bonchev–Trinajstić information content (AvgIpc) is 2.45. The Hall–Kier alpha value is -1.27.